The average Bonchev–Trinajstić information content (AvgIpc) is 3.14. The van der Waals surface area contributed by atoms with Crippen molar-refractivity contribution in [2.45, 2.75) is 78.2 Å². The lowest BCUT2D eigenvalue weighted by Crippen LogP contribution is -2.58. The Balaban J connectivity index is 1.62. The molecule has 5 rings (SSSR count). The third-order valence-electron chi connectivity index (χ3n) is 9.93. The lowest BCUT2D eigenvalue weighted by Gasteiger charge is -2.62. The third kappa shape index (κ3) is 1.48. The molecule has 0 unspecified atom stereocenters. The number of fused-ring (bicyclic) bond motifs is 3. The van der Waals surface area contributed by atoms with E-state index in [0.717, 1.165) is 37.5 Å². The summed E-state index contributed by atoms with van der Waals surface area (Å²) in [6.07, 6.45) is 9.67. The molecule has 0 saturated heterocycles. The van der Waals surface area contributed by atoms with Crippen LogP contribution >= 0.6 is 0 Å². The molecule has 24 heavy (non-hydrogen) atoms. The van der Waals surface area contributed by atoms with E-state index in [1.54, 1.807) is 0 Å². The minimum Gasteiger partial charge on any atom is -0.390 e. The first-order chi connectivity index (χ1) is 11.2. The van der Waals surface area contributed by atoms with Gasteiger partial charge in [-0.2, -0.15) is 0 Å². The predicted octanol–water partition coefficient (Wildman–Crippen LogP) is 4.52. The van der Waals surface area contributed by atoms with E-state index in [2.05, 4.69) is 27.7 Å². The van der Waals surface area contributed by atoms with Gasteiger partial charge in [-0.05, 0) is 86.0 Å². The van der Waals surface area contributed by atoms with Gasteiger partial charge in [0.1, 0.15) is 0 Å². The van der Waals surface area contributed by atoms with Gasteiger partial charge in [-0.15, -0.1) is 0 Å². The highest BCUT2D eigenvalue weighted by molar-refractivity contribution is 5.91. The van der Waals surface area contributed by atoms with Crippen molar-refractivity contribution in [2.75, 3.05) is 0 Å². The second-order valence-electron chi connectivity index (χ2n) is 10.7. The van der Waals surface area contributed by atoms with E-state index in [-0.39, 0.29) is 10.8 Å². The molecule has 0 aromatic carbocycles. The summed E-state index contributed by atoms with van der Waals surface area (Å²) in [6.45, 7) is 9.40. The first-order valence-electron chi connectivity index (χ1n) is 10.1. The predicted molar refractivity (Wildman–Crippen MR) is 94.3 cm³/mol. The van der Waals surface area contributed by atoms with Crippen molar-refractivity contribution in [1.29, 1.82) is 0 Å². The van der Waals surface area contributed by atoms with Crippen molar-refractivity contribution in [1.82, 2.24) is 0 Å². The van der Waals surface area contributed by atoms with Gasteiger partial charge in [0.2, 0.25) is 0 Å². The molecule has 1 N–H and O–H groups in total. The molecule has 1 spiro atoms. The smallest absolute Gasteiger partial charge is 0.155 e. The molecular formula is C22H32O2. The van der Waals surface area contributed by atoms with Crippen LogP contribution < -0.4 is 0 Å². The monoisotopic (exact) mass is 328 g/mol. The van der Waals surface area contributed by atoms with Crippen molar-refractivity contribution in [3.63, 3.8) is 0 Å². The molecule has 0 bridgehead atoms. The second kappa shape index (κ2) is 4.19. The van der Waals surface area contributed by atoms with Crippen molar-refractivity contribution < 1.29 is 9.90 Å². The van der Waals surface area contributed by atoms with Crippen LogP contribution in [0.1, 0.15) is 72.6 Å². The summed E-state index contributed by atoms with van der Waals surface area (Å²) in [5.74, 6) is 3.20. The summed E-state index contributed by atoms with van der Waals surface area (Å²) < 4.78 is 0. The second-order valence-corrected chi connectivity index (χ2v) is 10.7. The number of hydrogen-bond acceptors (Lipinski definition) is 2. The van der Waals surface area contributed by atoms with Crippen LogP contribution in [0.15, 0.2) is 11.6 Å². The summed E-state index contributed by atoms with van der Waals surface area (Å²) >= 11 is 0. The number of carbonyl (C=O) groups excluding carboxylic acids is 1. The Hall–Kier alpha value is -0.630. The summed E-state index contributed by atoms with van der Waals surface area (Å²) in [5.41, 5.74) is 1.69. The summed E-state index contributed by atoms with van der Waals surface area (Å²) in [6, 6.07) is 0. The fourth-order valence-electron chi connectivity index (χ4n) is 8.53. The van der Waals surface area contributed by atoms with Gasteiger partial charge in [0.25, 0.3) is 0 Å². The first-order valence-corrected chi connectivity index (χ1v) is 10.1. The number of carbonyl (C=O) groups is 1. The van der Waals surface area contributed by atoms with Crippen LogP contribution in [0.5, 0.6) is 0 Å². The number of allylic oxidation sites excluding steroid dienone is 1. The number of rotatable bonds is 0. The van der Waals surface area contributed by atoms with Crippen LogP contribution in [0.2, 0.25) is 0 Å². The van der Waals surface area contributed by atoms with Gasteiger partial charge >= 0.3 is 0 Å². The molecule has 0 amide bonds. The van der Waals surface area contributed by atoms with E-state index in [1.165, 1.54) is 24.8 Å². The van der Waals surface area contributed by atoms with Gasteiger partial charge in [-0.1, -0.05) is 26.3 Å². The van der Waals surface area contributed by atoms with Gasteiger partial charge in [-0.3, -0.25) is 4.79 Å². The Kier molecular flexibility index (Phi) is 2.73. The molecule has 0 aromatic heterocycles. The molecule has 4 fully saturated rings. The topological polar surface area (TPSA) is 37.3 Å². The van der Waals surface area contributed by atoms with E-state index in [4.69, 9.17) is 0 Å². The van der Waals surface area contributed by atoms with Crippen molar-refractivity contribution >= 4 is 5.78 Å². The molecule has 5 aliphatic rings. The Morgan fingerprint density at radius 3 is 2.67 bits per heavy atom. The molecule has 0 heterocycles. The minimum atomic E-state index is -0.486. The SMILES string of the molecule is C[C@@H]1CC2=CC(=O)CC[C@]2(C)[C@H]2CC[C@@]3(C)[C@]4(C[C@H]4C[C@@]3(C)O)[C@H]12. The molecule has 5 aliphatic carbocycles. The molecule has 0 radical (unpaired) electrons. The normalized spacial score (nSPS) is 61.4. The average molecular weight is 328 g/mol. The van der Waals surface area contributed by atoms with Crippen molar-refractivity contribution in [2.24, 2.45) is 39.9 Å². The van der Waals surface area contributed by atoms with Gasteiger partial charge in [0.15, 0.2) is 5.78 Å². The summed E-state index contributed by atoms with van der Waals surface area (Å²) in [7, 11) is 0. The van der Waals surface area contributed by atoms with E-state index in [0.29, 0.717) is 23.0 Å². The van der Waals surface area contributed by atoms with Crippen LogP contribution in [0.25, 0.3) is 0 Å². The molecule has 2 heteroatoms. The van der Waals surface area contributed by atoms with Gasteiger partial charge < -0.3 is 5.11 Å². The quantitative estimate of drug-likeness (QED) is 0.710. The molecule has 0 aromatic rings. The Bertz CT molecular complexity index is 661. The van der Waals surface area contributed by atoms with E-state index in [9.17, 15) is 9.90 Å². The maximum atomic E-state index is 12.0. The maximum Gasteiger partial charge on any atom is 0.155 e. The Labute approximate surface area is 146 Å². The molecule has 2 nitrogen and oxygen atoms in total. The van der Waals surface area contributed by atoms with Gasteiger partial charge in [-0.25, -0.2) is 0 Å². The highest BCUT2D eigenvalue weighted by Crippen LogP contribution is 2.85. The zero-order chi connectivity index (χ0) is 17.1. The van der Waals surface area contributed by atoms with Gasteiger partial charge in [0.05, 0.1) is 5.60 Å². The maximum absolute atomic E-state index is 12.0. The fraction of sp³-hybridized carbons (Fsp3) is 0.864. The first kappa shape index (κ1) is 15.6. The molecule has 0 aliphatic heterocycles. The van der Waals surface area contributed by atoms with Crippen molar-refractivity contribution in [3.8, 4) is 0 Å². The molecule has 4 saturated carbocycles. The van der Waals surface area contributed by atoms with E-state index in [1.807, 2.05) is 6.08 Å². The highest BCUT2D eigenvalue weighted by Gasteiger charge is 2.81. The standard InChI is InChI=1S/C22H32O2/c1-13-9-14-10-16(23)5-7-19(14,2)17-6-8-20(3)21(4,24)11-15-12-22(15,20)18(13)17/h10,13,15,17-18,24H,5-9,11-12H2,1-4H3/t13-,15-,17+,18-,19+,20-,21-,22+/m1/s1. The van der Waals surface area contributed by atoms with Crippen LogP contribution in [0, 0.1) is 39.9 Å². The minimum absolute atomic E-state index is 0.0994. The lowest BCUT2D eigenvalue weighted by atomic mass is 9.42. The van der Waals surface area contributed by atoms with Crippen molar-refractivity contribution in [3.05, 3.63) is 11.6 Å². The number of ketones is 1. The molecular weight excluding hydrogens is 296 g/mol. The van der Waals surface area contributed by atoms with E-state index >= 15 is 0 Å². The van der Waals surface area contributed by atoms with Crippen LogP contribution in [-0.2, 0) is 4.79 Å². The van der Waals surface area contributed by atoms with E-state index < -0.39 is 5.60 Å². The number of hydrogen-bond donors (Lipinski definition) is 1. The zero-order valence-corrected chi connectivity index (χ0v) is 15.7. The Morgan fingerprint density at radius 2 is 1.92 bits per heavy atom. The highest BCUT2D eigenvalue weighted by atomic mass is 16.3. The lowest BCUT2D eigenvalue weighted by molar-refractivity contribution is -0.156. The summed E-state index contributed by atoms with van der Waals surface area (Å²) in [5, 5.41) is 11.2. The summed E-state index contributed by atoms with van der Waals surface area (Å²) in [4.78, 5) is 12.0. The zero-order valence-electron chi connectivity index (χ0n) is 15.7. The van der Waals surface area contributed by atoms with Crippen LogP contribution in [0.4, 0.5) is 0 Å². The van der Waals surface area contributed by atoms with Crippen LogP contribution in [-0.4, -0.2) is 16.5 Å². The molecule has 8 atom stereocenters. The fourth-order valence-corrected chi connectivity index (χ4v) is 8.53. The third-order valence-corrected chi connectivity index (χ3v) is 9.93. The van der Waals surface area contributed by atoms with Gasteiger partial charge in [0, 0.05) is 11.8 Å². The number of aliphatic hydroxyl groups is 1. The largest absolute Gasteiger partial charge is 0.390 e. The Morgan fingerprint density at radius 1 is 1.17 bits per heavy atom. The molecule has 132 valence electrons. The van der Waals surface area contributed by atoms with Crippen LogP contribution in [0.3, 0.4) is 0 Å².